The highest BCUT2D eigenvalue weighted by Gasteiger charge is 2.26. The molecule has 4 rings (SSSR count). The van der Waals surface area contributed by atoms with Crippen LogP contribution in [0.5, 0.6) is 0 Å². The van der Waals surface area contributed by atoms with E-state index in [0.29, 0.717) is 10.7 Å². The van der Waals surface area contributed by atoms with Gasteiger partial charge in [-0.05, 0) is 36.3 Å². The molecular weight excluding hydrogens is 328 g/mol. The van der Waals surface area contributed by atoms with Gasteiger partial charge in [0.05, 0.1) is 12.0 Å². The number of alkyl halides is 1. The second-order valence-electron chi connectivity index (χ2n) is 5.56. The Labute approximate surface area is 131 Å². The number of benzene rings is 1. The first-order chi connectivity index (χ1) is 10.3. The summed E-state index contributed by atoms with van der Waals surface area (Å²) in [6.45, 7) is 0. The Kier molecular flexibility index (Phi) is 3.22. The normalized spacial score (nSPS) is 21.4. The zero-order chi connectivity index (χ0) is 14.2. The fraction of sp³-hybridized carbons (Fsp3) is 0.312. The number of aromatic nitrogens is 4. The van der Waals surface area contributed by atoms with Gasteiger partial charge in [0.1, 0.15) is 11.8 Å². The zero-order valence-corrected chi connectivity index (χ0v) is 13.0. The number of halogens is 1. The van der Waals surface area contributed by atoms with Gasteiger partial charge in [0.2, 0.25) is 0 Å². The van der Waals surface area contributed by atoms with Gasteiger partial charge in [0.25, 0.3) is 0 Å². The van der Waals surface area contributed by atoms with E-state index in [1.807, 2.05) is 0 Å². The summed E-state index contributed by atoms with van der Waals surface area (Å²) in [5.41, 5.74) is 5.68. The Morgan fingerprint density at radius 3 is 3.05 bits per heavy atom. The molecular formula is C16H15BrN4. The van der Waals surface area contributed by atoms with Crippen LogP contribution < -0.4 is 0 Å². The topological polar surface area (TPSA) is 54.5 Å². The van der Waals surface area contributed by atoms with E-state index in [9.17, 15) is 0 Å². The van der Waals surface area contributed by atoms with Crippen LogP contribution in [0.3, 0.4) is 0 Å². The number of imidazole rings is 1. The van der Waals surface area contributed by atoms with Crippen LogP contribution in [0.25, 0.3) is 11.2 Å². The van der Waals surface area contributed by atoms with Gasteiger partial charge in [0, 0.05) is 4.83 Å². The molecule has 2 heterocycles. The molecule has 0 radical (unpaired) electrons. The molecule has 5 heteroatoms. The predicted molar refractivity (Wildman–Crippen MR) is 85.6 cm³/mol. The molecule has 0 saturated heterocycles. The summed E-state index contributed by atoms with van der Waals surface area (Å²) in [5.74, 6) is 0.487. The standard InChI is InChI=1S/C16H15BrN4/c17-12-5-10-3-1-2-4-13(10)11(6-12)7-14-15-16(20-8-18-14)21-9-19-15/h1-4,8-9,11-12H,5-7H2,(H,18,19,20,21). The van der Waals surface area contributed by atoms with E-state index in [1.54, 1.807) is 12.7 Å². The second-order valence-corrected chi connectivity index (χ2v) is 6.85. The Morgan fingerprint density at radius 2 is 2.10 bits per heavy atom. The van der Waals surface area contributed by atoms with Crippen molar-refractivity contribution in [2.45, 2.75) is 30.0 Å². The predicted octanol–water partition coefficient (Wildman–Crippen LogP) is 3.39. The fourth-order valence-corrected chi connectivity index (χ4v) is 4.07. The smallest absolute Gasteiger partial charge is 0.180 e. The number of rotatable bonds is 2. The zero-order valence-electron chi connectivity index (χ0n) is 11.5. The van der Waals surface area contributed by atoms with Crippen molar-refractivity contribution in [3.8, 4) is 0 Å². The van der Waals surface area contributed by atoms with Crippen LogP contribution in [0.2, 0.25) is 0 Å². The Hall–Kier alpha value is -1.75. The lowest BCUT2D eigenvalue weighted by atomic mass is 9.80. The van der Waals surface area contributed by atoms with E-state index in [2.05, 4.69) is 60.1 Å². The van der Waals surface area contributed by atoms with Crippen LogP contribution in [0.15, 0.2) is 36.9 Å². The number of H-pyrrole nitrogens is 1. The molecule has 0 amide bonds. The molecule has 0 fully saturated rings. The summed E-state index contributed by atoms with van der Waals surface area (Å²) < 4.78 is 0. The van der Waals surface area contributed by atoms with E-state index < -0.39 is 0 Å². The van der Waals surface area contributed by atoms with Crippen LogP contribution in [0, 0.1) is 0 Å². The maximum absolute atomic E-state index is 4.47. The van der Waals surface area contributed by atoms with Crippen LogP contribution in [0.4, 0.5) is 0 Å². The third-order valence-corrected chi connectivity index (χ3v) is 4.92. The molecule has 2 unspecified atom stereocenters. The third-order valence-electron chi connectivity index (χ3n) is 4.22. The highest BCUT2D eigenvalue weighted by molar-refractivity contribution is 9.09. The summed E-state index contributed by atoms with van der Waals surface area (Å²) in [5, 5.41) is 0. The summed E-state index contributed by atoms with van der Waals surface area (Å²) in [4.78, 5) is 16.6. The molecule has 0 saturated carbocycles. The number of hydrogen-bond acceptors (Lipinski definition) is 3. The quantitative estimate of drug-likeness (QED) is 0.726. The minimum Gasteiger partial charge on any atom is -0.342 e. The molecule has 1 aromatic carbocycles. The van der Waals surface area contributed by atoms with Crippen LogP contribution in [-0.4, -0.2) is 24.8 Å². The van der Waals surface area contributed by atoms with Crippen molar-refractivity contribution in [1.82, 2.24) is 19.9 Å². The number of aromatic amines is 1. The van der Waals surface area contributed by atoms with Gasteiger partial charge in [-0.1, -0.05) is 40.2 Å². The van der Waals surface area contributed by atoms with E-state index in [0.717, 1.165) is 36.1 Å². The van der Waals surface area contributed by atoms with E-state index >= 15 is 0 Å². The van der Waals surface area contributed by atoms with Gasteiger partial charge >= 0.3 is 0 Å². The molecule has 1 aliphatic carbocycles. The molecule has 1 N–H and O–H groups in total. The van der Waals surface area contributed by atoms with Gasteiger partial charge in [-0.2, -0.15) is 0 Å². The highest BCUT2D eigenvalue weighted by Crippen LogP contribution is 2.37. The Balaban J connectivity index is 1.73. The minimum absolute atomic E-state index is 0.487. The fourth-order valence-electron chi connectivity index (χ4n) is 3.27. The van der Waals surface area contributed by atoms with Crippen LogP contribution in [0.1, 0.15) is 29.2 Å². The highest BCUT2D eigenvalue weighted by atomic mass is 79.9. The second kappa shape index (κ2) is 5.22. The van der Waals surface area contributed by atoms with Crippen molar-refractivity contribution in [1.29, 1.82) is 0 Å². The molecule has 0 spiro atoms. The number of fused-ring (bicyclic) bond motifs is 2. The number of hydrogen-bond donors (Lipinski definition) is 1. The Bertz CT molecular complexity index is 783. The molecule has 3 aromatic rings. The first-order valence-electron chi connectivity index (χ1n) is 7.16. The molecule has 2 atom stereocenters. The van der Waals surface area contributed by atoms with Gasteiger partial charge in [-0.15, -0.1) is 0 Å². The first-order valence-corrected chi connectivity index (χ1v) is 8.07. The monoisotopic (exact) mass is 342 g/mol. The molecule has 0 aliphatic heterocycles. The van der Waals surface area contributed by atoms with Gasteiger partial charge in [-0.25, -0.2) is 15.0 Å². The van der Waals surface area contributed by atoms with Gasteiger partial charge < -0.3 is 4.98 Å². The molecule has 4 nitrogen and oxygen atoms in total. The van der Waals surface area contributed by atoms with Gasteiger partial charge in [-0.3, -0.25) is 0 Å². The number of nitrogens with zero attached hydrogens (tertiary/aromatic N) is 3. The van der Waals surface area contributed by atoms with E-state index in [-0.39, 0.29) is 0 Å². The largest absolute Gasteiger partial charge is 0.342 e. The summed E-state index contributed by atoms with van der Waals surface area (Å²) in [6.07, 6.45) is 6.46. The van der Waals surface area contributed by atoms with Crippen molar-refractivity contribution < 1.29 is 0 Å². The maximum atomic E-state index is 4.47. The van der Waals surface area contributed by atoms with Crippen molar-refractivity contribution in [2.24, 2.45) is 0 Å². The van der Waals surface area contributed by atoms with E-state index in [4.69, 9.17) is 0 Å². The average Bonchev–Trinajstić information content (AvgIpc) is 2.96. The minimum atomic E-state index is 0.487. The van der Waals surface area contributed by atoms with Crippen molar-refractivity contribution in [3.05, 3.63) is 53.7 Å². The lowest BCUT2D eigenvalue weighted by Crippen LogP contribution is -2.20. The first kappa shape index (κ1) is 13.0. The van der Waals surface area contributed by atoms with Gasteiger partial charge in [0.15, 0.2) is 5.65 Å². The third kappa shape index (κ3) is 2.35. The van der Waals surface area contributed by atoms with Crippen molar-refractivity contribution >= 4 is 27.1 Å². The molecule has 0 bridgehead atoms. The van der Waals surface area contributed by atoms with Crippen LogP contribution >= 0.6 is 15.9 Å². The van der Waals surface area contributed by atoms with Crippen molar-refractivity contribution in [2.75, 3.05) is 0 Å². The van der Waals surface area contributed by atoms with Crippen molar-refractivity contribution in [3.63, 3.8) is 0 Å². The average molecular weight is 343 g/mol. The maximum Gasteiger partial charge on any atom is 0.180 e. The number of nitrogens with one attached hydrogen (secondary N) is 1. The molecule has 106 valence electrons. The summed E-state index contributed by atoms with van der Waals surface area (Å²) in [6, 6.07) is 8.75. The molecule has 2 aromatic heterocycles. The van der Waals surface area contributed by atoms with E-state index in [1.165, 1.54) is 11.1 Å². The summed E-state index contributed by atoms with van der Waals surface area (Å²) in [7, 11) is 0. The SMILES string of the molecule is BrC1Cc2ccccc2C(Cc2ncnc3nc[nH]c23)C1. The van der Waals surface area contributed by atoms with Crippen LogP contribution in [-0.2, 0) is 12.8 Å². The lowest BCUT2D eigenvalue weighted by molar-refractivity contribution is 0.562. The summed E-state index contributed by atoms with van der Waals surface area (Å²) >= 11 is 3.80. The molecule has 1 aliphatic rings. The molecule has 21 heavy (non-hydrogen) atoms. The Morgan fingerprint density at radius 1 is 1.19 bits per heavy atom. The lowest BCUT2D eigenvalue weighted by Gasteiger charge is -2.28.